The maximum atomic E-state index is 11.8. The van der Waals surface area contributed by atoms with Crippen molar-refractivity contribution < 1.29 is 14.5 Å². The molecule has 2 aromatic rings. The number of nitrogens with one attached hydrogen (secondary N) is 2. The highest BCUT2D eigenvalue weighted by molar-refractivity contribution is 9.10. The highest BCUT2D eigenvalue weighted by Crippen LogP contribution is 2.13. The second-order valence-electron chi connectivity index (χ2n) is 4.62. The third kappa shape index (κ3) is 4.74. The zero-order valence-electron chi connectivity index (χ0n) is 12.1. The summed E-state index contributed by atoms with van der Waals surface area (Å²) in [7, 11) is 0. The molecule has 0 saturated carbocycles. The lowest BCUT2D eigenvalue weighted by Gasteiger charge is -2.08. The van der Waals surface area contributed by atoms with Crippen LogP contribution in [0.5, 0.6) is 0 Å². The Morgan fingerprint density at radius 3 is 2.46 bits per heavy atom. The summed E-state index contributed by atoms with van der Waals surface area (Å²) in [4.78, 5) is 45.1. The van der Waals surface area contributed by atoms with Crippen molar-refractivity contribution in [2.45, 2.75) is 6.54 Å². The Balaban J connectivity index is 1.99. The summed E-state index contributed by atoms with van der Waals surface area (Å²) in [5.41, 5.74) is -0.457. The Labute approximate surface area is 143 Å². The maximum Gasteiger partial charge on any atom is 0.325 e. The molecule has 0 aliphatic carbocycles. The first-order valence-corrected chi connectivity index (χ1v) is 7.36. The molecule has 1 heterocycles. The summed E-state index contributed by atoms with van der Waals surface area (Å²) in [6.07, 6.45) is 0.939. The quantitative estimate of drug-likeness (QED) is 0.604. The third-order valence-corrected chi connectivity index (χ3v) is 3.38. The summed E-state index contributed by atoms with van der Waals surface area (Å²) in [6.45, 7) is -0.520. The van der Waals surface area contributed by atoms with Crippen LogP contribution in [-0.2, 0) is 11.3 Å². The van der Waals surface area contributed by atoms with Crippen molar-refractivity contribution in [1.29, 1.82) is 0 Å². The first-order chi connectivity index (χ1) is 11.3. The fraction of sp³-hybridized carbons (Fsp3) is 0.0714. The fourth-order valence-electron chi connectivity index (χ4n) is 1.77. The molecule has 0 aliphatic heterocycles. The van der Waals surface area contributed by atoms with E-state index in [0.29, 0.717) is 5.69 Å². The Kier molecular flexibility index (Phi) is 5.42. The van der Waals surface area contributed by atoms with Gasteiger partial charge in [0.2, 0.25) is 5.91 Å². The van der Waals surface area contributed by atoms with E-state index in [4.69, 9.17) is 0 Å². The largest absolute Gasteiger partial charge is 0.325 e. The van der Waals surface area contributed by atoms with Gasteiger partial charge in [-0.05, 0) is 24.3 Å². The molecule has 2 N–H and O–H groups in total. The third-order valence-electron chi connectivity index (χ3n) is 2.85. The molecule has 24 heavy (non-hydrogen) atoms. The summed E-state index contributed by atoms with van der Waals surface area (Å²) < 4.78 is 1.68. The predicted octanol–water partition coefficient (Wildman–Crippen LogP) is 1.87. The minimum atomic E-state index is -0.785. The molecule has 0 unspecified atom stereocenters. The van der Waals surface area contributed by atoms with Crippen LogP contribution in [0.1, 0.15) is 0 Å². The number of imide groups is 1. The van der Waals surface area contributed by atoms with Gasteiger partial charge in [0.1, 0.15) is 6.54 Å². The number of hydrogen-bond acceptors (Lipinski definition) is 5. The van der Waals surface area contributed by atoms with Crippen LogP contribution in [-0.4, -0.2) is 21.4 Å². The number of nitrogens with zero attached hydrogens (tertiary/aromatic N) is 2. The van der Waals surface area contributed by atoms with E-state index in [1.807, 2.05) is 5.32 Å². The van der Waals surface area contributed by atoms with E-state index in [1.54, 1.807) is 24.3 Å². The number of anilines is 1. The van der Waals surface area contributed by atoms with Crippen LogP contribution in [0, 0.1) is 10.1 Å². The number of hydrogen-bond donors (Lipinski definition) is 2. The van der Waals surface area contributed by atoms with Gasteiger partial charge in [-0.2, -0.15) is 0 Å². The summed E-state index contributed by atoms with van der Waals surface area (Å²) in [5, 5.41) is 15.2. The van der Waals surface area contributed by atoms with Crippen LogP contribution in [0.15, 0.2) is 51.9 Å². The number of urea groups is 1. The molecule has 0 atom stereocenters. The van der Waals surface area contributed by atoms with Crippen LogP contribution < -0.4 is 16.2 Å². The van der Waals surface area contributed by atoms with Gasteiger partial charge in [0.05, 0.1) is 11.1 Å². The van der Waals surface area contributed by atoms with Gasteiger partial charge < -0.3 is 5.32 Å². The molecule has 0 radical (unpaired) electrons. The SMILES string of the molecule is O=C(Cn1cc([N+](=O)[O-])ccc1=O)NC(=O)Nc1ccc(Br)cc1. The van der Waals surface area contributed by atoms with Crippen molar-refractivity contribution in [3.63, 3.8) is 0 Å². The normalized spacial score (nSPS) is 10.0. The Bertz CT molecular complexity index is 847. The molecule has 1 aromatic carbocycles. The van der Waals surface area contributed by atoms with Gasteiger partial charge in [-0.15, -0.1) is 0 Å². The van der Waals surface area contributed by atoms with Gasteiger partial charge >= 0.3 is 6.03 Å². The molecular weight excluding hydrogens is 384 g/mol. The van der Waals surface area contributed by atoms with Gasteiger partial charge in [-0.25, -0.2) is 4.79 Å². The van der Waals surface area contributed by atoms with Gasteiger partial charge in [0, 0.05) is 22.3 Å². The molecule has 0 aliphatic rings. The molecule has 0 fully saturated rings. The first kappa shape index (κ1) is 17.3. The van der Waals surface area contributed by atoms with E-state index >= 15 is 0 Å². The van der Waals surface area contributed by atoms with Crippen LogP contribution in [0.4, 0.5) is 16.2 Å². The second-order valence-corrected chi connectivity index (χ2v) is 5.54. The molecule has 1 aromatic heterocycles. The number of carbonyl (C=O) groups excluding carboxylic acids is 2. The summed E-state index contributed by atoms with van der Waals surface area (Å²) in [6, 6.07) is 7.91. The lowest BCUT2D eigenvalue weighted by Crippen LogP contribution is -2.38. The van der Waals surface area contributed by atoms with Crippen molar-refractivity contribution in [3.8, 4) is 0 Å². The van der Waals surface area contributed by atoms with E-state index in [9.17, 15) is 24.5 Å². The van der Waals surface area contributed by atoms with E-state index in [1.165, 1.54) is 0 Å². The predicted molar refractivity (Wildman–Crippen MR) is 88.7 cm³/mol. The molecular formula is C14H11BrN4O5. The van der Waals surface area contributed by atoms with Crippen molar-refractivity contribution in [3.05, 3.63) is 67.5 Å². The number of aromatic nitrogens is 1. The second kappa shape index (κ2) is 7.51. The molecule has 3 amide bonds. The fourth-order valence-corrected chi connectivity index (χ4v) is 2.03. The zero-order valence-corrected chi connectivity index (χ0v) is 13.6. The molecule has 10 heteroatoms. The lowest BCUT2D eigenvalue weighted by molar-refractivity contribution is -0.385. The average molecular weight is 395 g/mol. The molecule has 0 spiro atoms. The van der Waals surface area contributed by atoms with E-state index in [-0.39, 0.29) is 5.69 Å². The number of benzene rings is 1. The number of nitro groups is 1. The molecule has 9 nitrogen and oxygen atoms in total. The molecule has 124 valence electrons. The molecule has 0 bridgehead atoms. The number of carbonyl (C=O) groups is 2. The highest BCUT2D eigenvalue weighted by Gasteiger charge is 2.12. The van der Waals surface area contributed by atoms with E-state index in [2.05, 4.69) is 21.2 Å². The number of halogens is 1. The topological polar surface area (TPSA) is 123 Å². The van der Waals surface area contributed by atoms with Crippen molar-refractivity contribution in [1.82, 2.24) is 9.88 Å². The Hall–Kier alpha value is -3.01. The van der Waals surface area contributed by atoms with Crippen molar-refractivity contribution in [2.24, 2.45) is 0 Å². The number of amides is 3. The van der Waals surface area contributed by atoms with Crippen LogP contribution in [0.25, 0.3) is 0 Å². The molecule has 2 rings (SSSR count). The van der Waals surface area contributed by atoms with Crippen LogP contribution in [0.3, 0.4) is 0 Å². The first-order valence-electron chi connectivity index (χ1n) is 6.56. The summed E-state index contributed by atoms with van der Waals surface area (Å²) >= 11 is 3.25. The van der Waals surface area contributed by atoms with Crippen LogP contribution in [0.2, 0.25) is 0 Å². The number of rotatable bonds is 4. The smallest absolute Gasteiger partial charge is 0.308 e. The number of pyridine rings is 1. The average Bonchev–Trinajstić information content (AvgIpc) is 2.51. The Morgan fingerprint density at radius 2 is 1.83 bits per heavy atom. The van der Waals surface area contributed by atoms with Gasteiger partial charge in [0.25, 0.3) is 11.2 Å². The minimum Gasteiger partial charge on any atom is -0.308 e. The van der Waals surface area contributed by atoms with E-state index < -0.39 is 29.0 Å². The minimum absolute atomic E-state index is 0.332. The zero-order chi connectivity index (χ0) is 17.7. The van der Waals surface area contributed by atoms with E-state index in [0.717, 1.165) is 27.4 Å². The maximum absolute atomic E-state index is 11.8. The van der Waals surface area contributed by atoms with Gasteiger partial charge in [0.15, 0.2) is 0 Å². The van der Waals surface area contributed by atoms with Crippen molar-refractivity contribution >= 4 is 39.2 Å². The summed E-state index contributed by atoms with van der Waals surface area (Å²) in [5.74, 6) is -0.785. The van der Waals surface area contributed by atoms with Crippen LogP contribution >= 0.6 is 15.9 Å². The Morgan fingerprint density at radius 1 is 1.17 bits per heavy atom. The van der Waals surface area contributed by atoms with Gasteiger partial charge in [-0.1, -0.05) is 15.9 Å². The highest BCUT2D eigenvalue weighted by atomic mass is 79.9. The lowest BCUT2D eigenvalue weighted by atomic mass is 10.3. The van der Waals surface area contributed by atoms with Gasteiger partial charge in [-0.3, -0.25) is 29.6 Å². The van der Waals surface area contributed by atoms with Crippen molar-refractivity contribution in [2.75, 3.05) is 5.32 Å². The monoisotopic (exact) mass is 394 g/mol. The standard InChI is InChI=1S/C14H11BrN4O5/c15-9-1-3-10(4-2-9)16-14(22)17-12(20)8-18-7-11(19(23)24)5-6-13(18)21/h1-7H,8H2,(H2,16,17,20,22). The molecule has 0 saturated heterocycles.